The number of benzene rings is 1. The van der Waals surface area contributed by atoms with Crippen LogP contribution >= 0.6 is 7.52 Å². The summed E-state index contributed by atoms with van der Waals surface area (Å²) in [5.74, 6) is -2.68. The zero-order chi connectivity index (χ0) is 29.7. The Hall–Kier alpha value is -3.32. The number of esters is 1. The quantitative estimate of drug-likeness (QED) is 0.188. The van der Waals surface area contributed by atoms with Gasteiger partial charge in [0, 0.05) is 20.2 Å². The highest BCUT2D eigenvalue weighted by Gasteiger charge is 2.46. The third-order valence-corrected chi connectivity index (χ3v) is 8.61. The Bertz CT molecular complexity index is 1340. The molecule has 13 nitrogen and oxygen atoms in total. The van der Waals surface area contributed by atoms with Crippen molar-refractivity contribution in [2.75, 3.05) is 44.1 Å². The Balaban J connectivity index is 1.99. The number of alkyl halides is 1. The third kappa shape index (κ3) is 6.69. The topological polar surface area (TPSA) is 167 Å². The summed E-state index contributed by atoms with van der Waals surface area (Å²) < 4.78 is 47.5. The van der Waals surface area contributed by atoms with Crippen molar-refractivity contribution >= 4 is 36.4 Å². The third-order valence-electron chi connectivity index (χ3n) is 6.49. The van der Waals surface area contributed by atoms with Gasteiger partial charge in [0.1, 0.15) is 17.9 Å². The van der Waals surface area contributed by atoms with Crippen LogP contribution in [-0.2, 0) is 24.6 Å². The number of nitrogens with zero attached hydrogens (tertiary/aromatic N) is 5. The second-order valence-electron chi connectivity index (χ2n) is 9.24. The highest BCUT2D eigenvalue weighted by Crippen LogP contribution is 2.46. The van der Waals surface area contributed by atoms with E-state index >= 15 is 4.39 Å². The van der Waals surface area contributed by atoms with Crippen molar-refractivity contribution in [3.05, 3.63) is 36.7 Å². The highest BCUT2D eigenvalue weighted by molar-refractivity contribution is 7.57. The van der Waals surface area contributed by atoms with Gasteiger partial charge in [-0.25, -0.2) is 14.5 Å². The number of aliphatic hydroxyl groups is 1. The van der Waals surface area contributed by atoms with Crippen molar-refractivity contribution in [1.29, 1.82) is 0 Å². The minimum Gasteiger partial charge on any atom is -0.468 e. The maximum Gasteiger partial charge on any atom is 0.323 e. The Morgan fingerprint density at radius 1 is 1.25 bits per heavy atom. The van der Waals surface area contributed by atoms with Crippen molar-refractivity contribution < 1.29 is 32.9 Å². The molecule has 3 rings (SSSR count). The van der Waals surface area contributed by atoms with Gasteiger partial charge in [-0.1, -0.05) is 18.2 Å². The van der Waals surface area contributed by atoms with Gasteiger partial charge in [0.2, 0.25) is 11.7 Å². The summed E-state index contributed by atoms with van der Waals surface area (Å²) >= 11 is 0. The SMILES string of the molecule is CCN(CC)c1nc(N)nc2c1ncn2[C@](C)(F)[C@H](O)[C@@H](CP(=O)(N[C@@H](C)C(=O)OC)Oc1ccccc1)OC. The number of anilines is 2. The lowest BCUT2D eigenvalue weighted by Crippen LogP contribution is -2.49. The number of nitrogens with two attached hydrogens (primary N) is 1. The van der Waals surface area contributed by atoms with Crippen LogP contribution in [0.3, 0.4) is 0 Å². The average molecular weight is 582 g/mol. The molecule has 3 aromatic rings. The number of imidazole rings is 1. The number of aliphatic hydroxyl groups excluding tert-OH is 1. The molecular formula is C25H37FN7O6P. The van der Waals surface area contributed by atoms with Gasteiger partial charge in [-0.2, -0.15) is 9.97 Å². The molecule has 220 valence electrons. The van der Waals surface area contributed by atoms with Crippen molar-refractivity contribution in [2.45, 2.75) is 51.7 Å². The number of carbonyl (C=O) groups is 1. The summed E-state index contributed by atoms with van der Waals surface area (Å²) in [6, 6.07) is 7.20. The van der Waals surface area contributed by atoms with Crippen LogP contribution < -0.4 is 20.2 Å². The van der Waals surface area contributed by atoms with Crippen LogP contribution in [-0.4, -0.2) is 82.3 Å². The van der Waals surface area contributed by atoms with E-state index in [0.717, 1.165) is 11.5 Å². The first-order valence-corrected chi connectivity index (χ1v) is 14.6. The van der Waals surface area contributed by atoms with Crippen molar-refractivity contribution in [3.8, 4) is 5.75 Å². The number of nitrogen functional groups attached to an aromatic ring is 1. The first kappa shape index (κ1) is 31.2. The normalized spacial score (nSPS) is 16.9. The number of methoxy groups -OCH3 is 2. The number of carbonyl (C=O) groups excluding carboxylic acids is 1. The van der Waals surface area contributed by atoms with Crippen LogP contribution in [0.15, 0.2) is 36.7 Å². The minimum atomic E-state index is -4.00. The predicted octanol–water partition coefficient (Wildman–Crippen LogP) is 2.70. The van der Waals surface area contributed by atoms with E-state index in [1.807, 2.05) is 18.7 Å². The lowest BCUT2D eigenvalue weighted by molar-refractivity contribution is -0.142. The molecule has 4 N–H and O–H groups in total. The van der Waals surface area contributed by atoms with E-state index in [1.165, 1.54) is 27.5 Å². The van der Waals surface area contributed by atoms with E-state index in [-0.39, 0.29) is 17.3 Å². The average Bonchev–Trinajstić information content (AvgIpc) is 3.36. The summed E-state index contributed by atoms with van der Waals surface area (Å²) in [6.07, 6.45) is -2.58. The summed E-state index contributed by atoms with van der Waals surface area (Å²) in [4.78, 5) is 26.8. The smallest absolute Gasteiger partial charge is 0.323 e. The molecule has 1 aromatic carbocycles. The van der Waals surface area contributed by atoms with Crippen LogP contribution in [0.25, 0.3) is 11.2 Å². The number of ether oxygens (including phenoxy) is 2. The molecule has 2 aromatic heterocycles. The second-order valence-corrected chi connectivity index (χ2v) is 11.4. The van der Waals surface area contributed by atoms with Crippen LogP contribution in [0.1, 0.15) is 27.7 Å². The summed E-state index contributed by atoms with van der Waals surface area (Å²) in [5, 5.41) is 13.9. The van der Waals surface area contributed by atoms with E-state index in [9.17, 15) is 14.5 Å². The lowest BCUT2D eigenvalue weighted by atomic mass is 10.1. The molecule has 0 saturated heterocycles. The molecule has 0 spiro atoms. The van der Waals surface area contributed by atoms with Gasteiger partial charge in [-0.3, -0.25) is 13.9 Å². The highest BCUT2D eigenvalue weighted by atomic mass is 31.2. The van der Waals surface area contributed by atoms with Gasteiger partial charge in [0.25, 0.3) is 0 Å². The molecule has 0 fully saturated rings. The monoisotopic (exact) mass is 581 g/mol. The van der Waals surface area contributed by atoms with Gasteiger partial charge in [-0.15, -0.1) is 0 Å². The molecule has 0 saturated carbocycles. The molecule has 0 amide bonds. The molecular weight excluding hydrogens is 544 g/mol. The fourth-order valence-electron chi connectivity index (χ4n) is 4.28. The van der Waals surface area contributed by atoms with E-state index in [4.69, 9.17) is 19.7 Å². The number of nitrogens with one attached hydrogen (secondary N) is 1. The molecule has 0 aliphatic rings. The molecule has 0 aliphatic carbocycles. The van der Waals surface area contributed by atoms with Crippen LogP contribution in [0, 0.1) is 0 Å². The molecule has 15 heteroatoms. The zero-order valence-electron chi connectivity index (χ0n) is 23.4. The number of hydrogen-bond acceptors (Lipinski definition) is 11. The van der Waals surface area contributed by atoms with Gasteiger partial charge < -0.3 is 29.7 Å². The predicted molar refractivity (Wildman–Crippen MR) is 149 cm³/mol. The van der Waals surface area contributed by atoms with Crippen molar-refractivity contribution in [2.24, 2.45) is 0 Å². The zero-order valence-corrected chi connectivity index (χ0v) is 24.3. The largest absolute Gasteiger partial charge is 0.468 e. The van der Waals surface area contributed by atoms with Crippen molar-refractivity contribution in [1.82, 2.24) is 24.6 Å². The summed E-state index contributed by atoms with van der Waals surface area (Å²) in [5.41, 5.74) is 6.31. The van der Waals surface area contributed by atoms with E-state index in [1.54, 1.807) is 30.3 Å². The van der Waals surface area contributed by atoms with Gasteiger partial charge >= 0.3 is 13.5 Å². The number of hydrogen-bond donors (Lipinski definition) is 3. The second kappa shape index (κ2) is 12.9. The van der Waals surface area contributed by atoms with Crippen LogP contribution in [0.4, 0.5) is 16.2 Å². The van der Waals surface area contributed by atoms with Gasteiger partial charge in [-0.05, 0) is 39.8 Å². The van der Waals surface area contributed by atoms with E-state index < -0.39 is 43.7 Å². The number of aromatic nitrogens is 4. The molecule has 1 unspecified atom stereocenters. The van der Waals surface area contributed by atoms with E-state index in [2.05, 4.69) is 20.0 Å². The standard InChI is InChI=1S/C25H37FN7O6P/c1-7-32(8-2)21-19-22(30-24(27)29-21)33(15-28-19)25(4,26)20(34)18(37-5)14-40(36,31-16(3)23(35)38-6)39-17-12-10-9-11-13-17/h9-13,15-16,18,20,34H,7-8,14H2,1-6H3,(H,31,36)(H2,27,29,30)/t16-,18+,20+,25-,40?/m0/s1. The number of fused-ring (bicyclic) bond motifs is 1. The Morgan fingerprint density at radius 2 is 1.90 bits per heavy atom. The molecule has 0 aliphatic heterocycles. The van der Waals surface area contributed by atoms with Crippen LogP contribution in [0.2, 0.25) is 0 Å². The van der Waals surface area contributed by atoms with E-state index in [0.29, 0.717) is 24.4 Å². The van der Waals surface area contributed by atoms with Gasteiger partial charge in [0.15, 0.2) is 17.0 Å². The van der Waals surface area contributed by atoms with Crippen molar-refractivity contribution in [3.63, 3.8) is 0 Å². The first-order valence-electron chi connectivity index (χ1n) is 12.8. The molecule has 0 radical (unpaired) electrons. The maximum atomic E-state index is 16.5. The Labute approximate surface area is 232 Å². The molecule has 2 heterocycles. The lowest BCUT2D eigenvalue weighted by Gasteiger charge is -2.34. The summed E-state index contributed by atoms with van der Waals surface area (Å²) in [6.45, 7) is 7.63. The fraction of sp³-hybridized carbons (Fsp3) is 0.520. The Kier molecular flexibility index (Phi) is 10.1. The van der Waals surface area contributed by atoms with Crippen LogP contribution in [0.5, 0.6) is 5.75 Å². The number of rotatable bonds is 14. The number of halogens is 1. The maximum absolute atomic E-state index is 16.5. The molecule has 5 atom stereocenters. The fourth-order valence-corrected chi connectivity index (χ4v) is 6.49. The minimum absolute atomic E-state index is 0.0643. The first-order chi connectivity index (χ1) is 18.9. The Morgan fingerprint density at radius 3 is 2.48 bits per heavy atom. The molecule has 40 heavy (non-hydrogen) atoms. The van der Waals surface area contributed by atoms with Gasteiger partial charge in [0.05, 0.1) is 25.7 Å². The molecule has 0 bridgehead atoms. The summed E-state index contributed by atoms with van der Waals surface area (Å²) in [7, 11) is -1.57. The number of para-hydroxylation sites is 1.